The second kappa shape index (κ2) is 6.39. The quantitative estimate of drug-likeness (QED) is 0.657. The molecule has 2 heteroatoms. The zero-order valence-electron chi connectivity index (χ0n) is 9.01. The summed E-state index contributed by atoms with van der Waals surface area (Å²) in [5.74, 6) is 0. The van der Waals surface area contributed by atoms with E-state index in [-0.39, 0.29) is 0 Å². The monoisotopic (exact) mass is 185 g/mol. The van der Waals surface area contributed by atoms with Crippen LogP contribution in [-0.2, 0) is 4.74 Å². The average Bonchev–Trinajstić information content (AvgIpc) is 2.07. The molecule has 1 heterocycles. The smallest absolute Gasteiger partial charge is 0.0827 e. The number of nitrogens with one attached hydrogen (secondary N) is 1. The molecule has 0 aromatic carbocycles. The Kier molecular flexibility index (Phi) is 5.40. The van der Waals surface area contributed by atoms with Crippen LogP contribution in [0.1, 0.15) is 46.0 Å². The minimum Gasteiger partial charge on any atom is -0.372 e. The molecule has 0 amide bonds. The number of hydrogen-bond donors (Lipinski definition) is 1. The zero-order valence-corrected chi connectivity index (χ0v) is 9.01. The van der Waals surface area contributed by atoms with Gasteiger partial charge in [0.1, 0.15) is 0 Å². The van der Waals surface area contributed by atoms with Crippen LogP contribution in [0.5, 0.6) is 0 Å². The molecule has 0 aromatic rings. The van der Waals surface area contributed by atoms with Crippen LogP contribution in [-0.4, -0.2) is 25.3 Å². The molecule has 1 atom stereocenters. The van der Waals surface area contributed by atoms with Gasteiger partial charge in [0.25, 0.3) is 0 Å². The van der Waals surface area contributed by atoms with Crippen molar-refractivity contribution in [1.82, 2.24) is 5.32 Å². The SMILES string of the molecule is CCCCC(CCC)OC1CNC1. The molecule has 0 aliphatic carbocycles. The van der Waals surface area contributed by atoms with E-state index in [0.29, 0.717) is 12.2 Å². The van der Waals surface area contributed by atoms with Gasteiger partial charge in [-0.2, -0.15) is 0 Å². The Morgan fingerprint density at radius 1 is 1.23 bits per heavy atom. The van der Waals surface area contributed by atoms with Gasteiger partial charge in [0.15, 0.2) is 0 Å². The standard InChI is InChI=1S/C11H23NO/c1-3-5-7-10(6-4-2)13-11-8-12-9-11/h10-12H,3-9H2,1-2H3. The Morgan fingerprint density at radius 2 is 2.00 bits per heavy atom. The van der Waals surface area contributed by atoms with Crippen molar-refractivity contribution in [3.63, 3.8) is 0 Å². The molecule has 13 heavy (non-hydrogen) atoms. The third-order valence-electron chi connectivity index (χ3n) is 2.62. The molecular formula is C11H23NO. The van der Waals surface area contributed by atoms with E-state index < -0.39 is 0 Å². The third-order valence-corrected chi connectivity index (χ3v) is 2.62. The molecule has 1 fully saturated rings. The maximum absolute atomic E-state index is 5.97. The predicted molar refractivity (Wildman–Crippen MR) is 56.0 cm³/mol. The minimum atomic E-state index is 0.508. The fourth-order valence-corrected chi connectivity index (χ4v) is 1.66. The molecule has 0 spiro atoms. The lowest BCUT2D eigenvalue weighted by Gasteiger charge is -2.31. The summed E-state index contributed by atoms with van der Waals surface area (Å²) in [6.45, 7) is 6.61. The molecule has 1 unspecified atom stereocenters. The number of ether oxygens (including phenoxy) is 1. The van der Waals surface area contributed by atoms with Crippen LogP contribution >= 0.6 is 0 Å². The van der Waals surface area contributed by atoms with Gasteiger partial charge < -0.3 is 10.1 Å². The first-order valence-corrected chi connectivity index (χ1v) is 5.73. The molecule has 1 aliphatic rings. The second-order valence-electron chi connectivity index (χ2n) is 3.97. The van der Waals surface area contributed by atoms with E-state index in [1.165, 1.54) is 32.1 Å². The first kappa shape index (κ1) is 11.0. The van der Waals surface area contributed by atoms with Crippen molar-refractivity contribution in [2.75, 3.05) is 13.1 Å². The second-order valence-corrected chi connectivity index (χ2v) is 3.97. The van der Waals surface area contributed by atoms with Crippen LogP contribution in [0.3, 0.4) is 0 Å². The summed E-state index contributed by atoms with van der Waals surface area (Å²) in [6.07, 6.45) is 7.36. The normalized spacial score (nSPS) is 19.8. The minimum absolute atomic E-state index is 0.508. The summed E-state index contributed by atoms with van der Waals surface area (Å²) >= 11 is 0. The summed E-state index contributed by atoms with van der Waals surface area (Å²) in [5.41, 5.74) is 0. The van der Waals surface area contributed by atoms with Gasteiger partial charge in [-0.05, 0) is 12.8 Å². The third kappa shape index (κ3) is 4.10. The number of hydrogen-bond acceptors (Lipinski definition) is 2. The Labute approximate surface area is 82.0 Å². The maximum atomic E-state index is 5.97. The van der Waals surface area contributed by atoms with Gasteiger partial charge in [-0.15, -0.1) is 0 Å². The van der Waals surface area contributed by atoms with Gasteiger partial charge in [0, 0.05) is 13.1 Å². The molecule has 0 saturated carbocycles. The Morgan fingerprint density at radius 3 is 2.46 bits per heavy atom. The van der Waals surface area contributed by atoms with Gasteiger partial charge >= 0.3 is 0 Å². The molecule has 1 saturated heterocycles. The van der Waals surface area contributed by atoms with Gasteiger partial charge in [-0.25, -0.2) is 0 Å². The summed E-state index contributed by atoms with van der Waals surface area (Å²) in [5, 5.41) is 3.24. The van der Waals surface area contributed by atoms with Crippen LogP contribution in [0.15, 0.2) is 0 Å². The fourth-order valence-electron chi connectivity index (χ4n) is 1.66. The predicted octanol–water partition coefficient (Wildman–Crippen LogP) is 2.33. The Hall–Kier alpha value is -0.0800. The summed E-state index contributed by atoms with van der Waals surface area (Å²) in [4.78, 5) is 0. The lowest BCUT2D eigenvalue weighted by Crippen LogP contribution is -2.50. The van der Waals surface area contributed by atoms with Gasteiger partial charge in [0.05, 0.1) is 12.2 Å². The van der Waals surface area contributed by atoms with Crippen LogP contribution in [0.25, 0.3) is 0 Å². The first-order valence-electron chi connectivity index (χ1n) is 5.73. The Bertz CT molecular complexity index is 123. The molecule has 0 bridgehead atoms. The van der Waals surface area contributed by atoms with Crippen LogP contribution in [0, 0.1) is 0 Å². The van der Waals surface area contributed by atoms with Crippen LogP contribution < -0.4 is 5.32 Å². The van der Waals surface area contributed by atoms with Gasteiger partial charge in [-0.1, -0.05) is 33.1 Å². The van der Waals surface area contributed by atoms with Gasteiger partial charge in [-0.3, -0.25) is 0 Å². The number of rotatable bonds is 7. The molecule has 1 rings (SSSR count). The van der Waals surface area contributed by atoms with Crippen molar-refractivity contribution in [1.29, 1.82) is 0 Å². The Balaban J connectivity index is 2.11. The highest BCUT2D eigenvalue weighted by Crippen LogP contribution is 2.14. The fraction of sp³-hybridized carbons (Fsp3) is 1.00. The first-order chi connectivity index (χ1) is 6.36. The number of unbranched alkanes of at least 4 members (excludes halogenated alkanes) is 1. The highest BCUT2D eigenvalue weighted by Gasteiger charge is 2.21. The topological polar surface area (TPSA) is 21.3 Å². The molecule has 78 valence electrons. The van der Waals surface area contributed by atoms with Crippen LogP contribution in [0.2, 0.25) is 0 Å². The maximum Gasteiger partial charge on any atom is 0.0827 e. The van der Waals surface area contributed by atoms with E-state index in [1.54, 1.807) is 0 Å². The van der Waals surface area contributed by atoms with E-state index in [0.717, 1.165) is 13.1 Å². The molecular weight excluding hydrogens is 162 g/mol. The molecule has 0 radical (unpaired) electrons. The highest BCUT2D eigenvalue weighted by molar-refractivity contribution is 4.76. The van der Waals surface area contributed by atoms with E-state index >= 15 is 0 Å². The zero-order chi connectivity index (χ0) is 9.52. The van der Waals surface area contributed by atoms with E-state index in [1.807, 2.05) is 0 Å². The van der Waals surface area contributed by atoms with Gasteiger partial charge in [0.2, 0.25) is 0 Å². The van der Waals surface area contributed by atoms with Crippen molar-refractivity contribution in [2.24, 2.45) is 0 Å². The van der Waals surface area contributed by atoms with E-state index in [2.05, 4.69) is 19.2 Å². The lowest BCUT2D eigenvalue weighted by molar-refractivity contribution is -0.0452. The highest BCUT2D eigenvalue weighted by atomic mass is 16.5. The average molecular weight is 185 g/mol. The van der Waals surface area contributed by atoms with Crippen molar-refractivity contribution < 1.29 is 4.74 Å². The van der Waals surface area contributed by atoms with Crippen molar-refractivity contribution in [2.45, 2.75) is 58.2 Å². The summed E-state index contributed by atoms with van der Waals surface area (Å²) < 4.78 is 5.97. The molecule has 2 nitrogen and oxygen atoms in total. The molecule has 1 N–H and O–H groups in total. The van der Waals surface area contributed by atoms with E-state index in [4.69, 9.17) is 4.74 Å². The van der Waals surface area contributed by atoms with E-state index in [9.17, 15) is 0 Å². The van der Waals surface area contributed by atoms with Crippen molar-refractivity contribution in [3.05, 3.63) is 0 Å². The summed E-state index contributed by atoms with van der Waals surface area (Å²) in [7, 11) is 0. The molecule has 0 aromatic heterocycles. The summed E-state index contributed by atoms with van der Waals surface area (Å²) in [6, 6.07) is 0. The van der Waals surface area contributed by atoms with Crippen molar-refractivity contribution in [3.8, 4) is 0 Å². The lowest BCUT2D eigenvalue weighted by atomic mass is 10.1. The molecule has 1 aliphatic heterocycles. The largest absolute Gasteiger partial charge is 0.372 e. The van der Waals surface area contributed by atoms with Crippen LogP contribution in [0.4, 0.5) is 0 Å². The van der Waals surface area contributed by atoms with Crippen molar-refractivity contribution >= 4 is 0 Å².